The number of hydrogen-bond donors (Lipinski definition) is 0. The lowest BCUT2D eigenvalue weighted by Crippen LogP contribution is -2.11. The van der Waals surface area contributed by atoms with Crippen molar-refractivity contribution in [1.29, 1.82) is 0 Å². The van der Waals surface area contributed by atoms with Crippen LogP contribution in [-0.4, -0.2) is 20.2 Å². The monoisotopic (exact) mass is 410 g/mol. The van der Waals surface area contributed by atoms with Crippen molar-refractivity contribution in [3.8, 4) is 11.8 Å². The van der Waals surface area contributed by atoms with Gasteiger partial charge in [-0.25, -0.2) is 9.37 Å². The van der Waals surface area contributed by atoms with Crippen molar-refractivity contribution in [3.05, 3.63) is 120 Å². The molecule has 0 saturated heterocycles. The second-order valence-electron chi connectivity index (χ2n) is 6.67. The van der Waals surface area contributed by atoms with Gasteiger partial charge in [0.05, 0.1) is 24.1 Å². The molecule has 0 bridgehead atoms. The highest BCUT2D eigenvalue weighted by Crippen LogP contribution is 2.10. The minimum Gasteiger partial charge on any atom is -0.389 e. The first kappa shape index (κ1) is 20.0. The molecular formula is C25H19FN4O. The number of aromatic nitrogens is 3. The fourth-order valence-electron chi connectivity index (χ4n) is 2.83. The molecule has 152 valence electrons. The van der Waals surface area contributed by atoms with Crippen LogP contribution in [0.2, 0.25) is 0 Å². The van der Waals surface area contributed by atoms with Gasteiger partial charge in [0.2, 0.25) is 0 Å². The van der Waals surface area contributed by atoms with Gasteiger partial charge in [-0.3, -0.25) is 4.98 Å². The van der Waals surface area contributed by atoms with E-state index in [1.165, 1.54) is 6.07 Å². The van der Waals surface area contributed by atoms with Gasteiger partial charge >= 0.3 is 0 Å². The molecule has 0 radical (unpaired) electrons. The molecule has 5 nitrogen and oxygen atoms in total. The molecule has 0 amide bonds. The topological polar surface area (TPSA) is 52.3 Å². The van der Waals surface area contributed by atoms with Crippen LogP contribution in [0.25, 0.3) is 0 Å². The van der Waals surface area contributed by atoms with Gasteiger partial charge in [0.25, 0.3) is 0 Å². The van der Waals surface area contributed by atoms with Gasteiger partial charge in [-0.05, 0) is 36.4 Å². The van der Waals surface area contributed by atoms with E-state index in [4.69, 9.17) is 4.84 Å². The predicted octanol–water partition coefficient (Wildman–Crippen LogP) is 4.44. The summed E-state index contributed by atoms with van der Waals surface area (Å²) in [6.45, 7) is 0.781. The molecule has 0 saturated carbocycles. The van der Waals surface area contributed by atoms with Gasteiger partial charge in [-0.2, -0.15) is 0 Å². The van der Waals surface area contributed by atoms with Gasteiger partial charge in [-0.15, -0.1) is 0 Å². The van der Waals surface area contributed by atoms with Crippen LogP contribution in [0.4, 0.5) is 4.39 Å². The summed E-state index contributed by atoms with van der Waals surface area (Å²) >= 11 is 0. The van der Waals surface area contributed by atoms with Gasteiger partial charge < -0.3 is 9.40 Å². The number of benzene rings is 2. The number of halogens is 1. The third kappa shape index (κ3) is 5.64. The number of rotatable bonds is 6. The molecule has 2 aromatic heterocycles. The zero-order chi connectivity index (χ0) is 21.3. The molecule has 0 aliphatic rings. The van der Waals surface area contributed by atoms with E-state index in [1.54, 1.807) is 36.9 Å². The summed E-state index contributed by atoms with van der Waals surface area (Å²) < 4.78 is 15.7. The highest BCUT2D eigenvalue weighted by atomic mass is 19.1. The molecule has 0 fully saturated rings. The summed E-state index contributed by atoms with van der Waals surface area (Å²) in [5, 5.41) is 4.34. The van der Waals surface area contributed by atoms with Crippen LogP contribution in [0.3, 0.4) is 0 Å². The molecule has 31 heavy (non-hydrogen) atoms. The van der Waals surface area contributed by atoms with Gasteiger partial charge in [0.15, 0.2) is 6.61 Å². The Labute approximate surface area is 179 Å². The highest BCUT2D eigenvalue weighted by molar-refractivity contribution is 6.00. The summed E-state index contributed by atoms with van der Waals surface area (Å²) in [6, 6.07) is 19.7. The molecule has 2 heterocycles. The molecule has 0 atom stereocenters. The van der Waals surface area contributed by atoms with Crippen LogP contribution >= 0.6 is 0 Å². The standard InChI is InChI=1S/C25H19FN4O/c26-24-7-2-1-5-21(24)11-8-20-9-12-22(13-10-20)25(17-30-16-15-27-19-30)29-31-18-23-6-3-4-14-28-23/h1-7,9-10,12-16,19H,17-18H2. The smallest absolute Gasteiger partial charge is 0.159 e. The van der Waals surface area contributed by atoms with Crippen molar-refractivity contribution >= 4 is 5.71 Å². The average molecular weight is 410 g/mol. The zero-order valence-corrected chi connectivity index (χ0v) is 16.6. The molecule has 0 spiro atoms. The van der Waals surface area contributed by atoms with E-state index in [0.29, 0.717) is 12.1 Å². The second kappa shape index (κ2) is 9.99. The van der Waals surface area contributed by atoms with E-state index >= 15 is 0 Å². The first-order valence-corrected chi connectivity index (χ1v) is 9.69. The molecular weight excluding hydrogens is 391 g/mol. The Kier molecular flexibility index (Phi) is 6.46. The summed E-state index contributed by atoms with van der Waals surface area (Å²) in [7, 11) is 0. The lowest BCUT2D eigenvalue weighted by Gasteiger charge is -2.08. The maximum Gasteiger partial charge on any atom is 0.159 e. The predicted molar refractivity (Wildman–Crippen MR) is 117 cm³/mol. The largest absolute Gasteiger partial charge is 0.389 e. The van der Waals surface area contributed by atoms with Crippen LogP contribution < -0.4 is 0 Å². The van der Waals surface area contributed by atoms with Crippen LogP contribution in [0, 0.1) is 17.7 Å². The van der Waals surface area contributed by atoms with Gasteiger partial charge in [-0.1, -0.05) is 47.3 Å². The van der Waals surface area contributed by atoms with E-state index < -0.39 is 0 Å². The average Bonchev–Trinajstić information content (AvgIpc) is 3.32. The van der Waals surface area contributed by atoms with Crippen molar-refractivity contribution in [2.45, 2.75) is 13.2 Å². The Bertz CT molecular complexity index is 1210. The Balaban J connectivity index is 1.52. The summed E-state index contributed by atoms with van der Waals surface area (Å²) in [4.78, 5) is 13.9. The number of pyridine rings is 1. The number of hydrogen-bond acceptors (Lipinski definition) is 4. The Morgan fingerprint density at radius 3 is 2.55 bits per heavy atom. The Hall–Kier alpha value is -4.24. The second-order valence-corrected chi connectivity index (χ2v) is 6.67. The Morgan fingerprint density at radius 2 is 1.81 bits per heavy atom. The number of nitrogens with zero attached hydrogens (tertiary/aromatic N) is 4. The minimum atomic E-state index is -0.327. The number of imidazole rings is 1. The summed E-state index contributed by atoms with van der Waals surface area (Å²) in [6.07, 6.45) is 7.02. The number of oxime groups is 1. The third-order valence-electron chi connectivity index (χ3n) is 4.44. The fraction of sp³-hybridized carbons (Fsp3) is 0.0800. The SMILES string of the molecule is Fc1ccccc1C#Cc1ccc(C(Cn2ccnc2)=NOCc2ccccn2)cc1. The van der Waals surface area contributed by atoms with E-state index in [-0.39, 0.29) is 12.4 Å². The highest BCUT2D eigenvalue weighted by Gasteiger charge is 2.07. The molecule has 0 aliphatic heterocycles. The van der Waals surface area contributed by atoms with Gasteiger partial charge in [0, 0.05) is 29.7 Å². The molecule has 0 N–H and O–H groups in total. The summed E-state index contributed by atoms with van der Waals surface area (Å²) in [5.74, 6) is 5.53. The van der Waals surface area contributed by atoms with Crippen LogP contribution in [-0.2, 0) is 18.0 Å². The van der Waals surface area contributed by atoms with Crippen molar-refractivity contribution in [1.82, 2.24) is 14.5 Å². The molecule has 0 aliphatic carbocycles. The molecule has 4 aromatic rings. The first-order chi connectivity index (χ1) is 15.3. The quantitative estimate of drug-likeness (QED) is 0.268. The lowest BCUT2D eigenvalue weighted by atomic mass is 10.1. The van der Waals surface area contributed by atoms with Crippen LogP contribution in [0.15, 0.2) is 96.8 Å². The van der Waals surface area contributed by atoms with E-state index in [0.717, 1.165) is 22.5 Å². The van der Waals surface area contributed by atoms with E-state index in [2.05, 4.69) is 27.0 Å². The van der Waals surface area contributed by atoms with E-state index in [9.17, 15) is 4.39 Å². The fourth-order valence-corrected chi connectivity index (χ4v) is 2.83. The zero-order valence-electron chi connectivity index (χ0n) is 16.6. The van der Waals surface area contributed by atoms with Crippen molar-refractivity contribution < 1.29 is 9.23 Å². The maximum atomic E-state index is 13.7. The van der Waals surface area contributed by atoms with Crippen LogP contribution in [0.1, 0.15) is 22.4 Å². The molecule has 6 heteroatoms. The Morgan fingerprint density at radius 1 is 0.968 bits per heavy atom. The molecule has 0 unspecified atom stereocenters. The van der Waals surface area contributed by atoms with E-state index in [1.807, 2.05) is 53.2 Å². The first-order valence-electron chi connectivity index (χ1n) is 9.69. The van der Waals surface area contributed by atoms with Crippen LogP contribution in [0.5, 0.6) is 0 Å². The maximum absolute atomic E-state index is 13.7. The van der Waals surface area contributed by atoms with Crippen molar-refractivity contribution in [2.75, 3.05) is 0 Å². The minimum absolute atomic E-state index is 0.278. The summed E-state index contributed by atoms with van der Waals surface area (Å²) in [5.41, 5.74) is 3.58. The van der Waals surface area contributed by atoms with Gasteiger partial charge in [0.1, 0.15) is 11.5 Å². The third-order valence-corrected chi connectivity index (χ3v) is 4.44. The molecule has 4 rings (SSSR count). The lowest BCUT2D eigenvalue weighted by molar-refractivity contribution is 0.127. The van der Waals surface area contributed by atoms with Crippen molar-refractivity contribution in [2.24, 2.45) is 5.16 Å². The van der Waals surface area contributed by atoms with Crippen molar-refractivity contribution in [3.63, 3.8) is 0 Å². The molecule has 2 aromatic carbocycles. The normalized spacial score (nSPS) is 10.9.